The van der Waals surface area contributed by atoms with Gasteiger partial charge >= 0.3 is 0 Å². The molecular formula is C27H28ClN7O4. The second-order valence-corrected chi connectivity index (χ2v) is 9.13. The summed E-state index contributed by atoms with van der Waals surface area (Å²) in [6.45, 7) is 5.86. The van der Waals surface area contributed by atoms with Crippen LogP contribution in [0.3, 0.4) is 0 Å². The fraction of sp³-hybridized carbons (Fsp3) is 0.222. The van der Waals surface area contributed by atoms with Gasteiger partial charge < -0.3 is 30.5 Å². The maximum atomic E-state index is 13.1. The number of Topliss-reactive ketones (excluding diaryl/α,β-unsaturated/α-hetero) is 1. The standard InChI is InChI=1S/C27H28ClN7O4/c1-4-23(36)31-21-15-17(9-10-22(21)39-3)30-27-29-16-19(28)25(33-27)32-20-8-6-5-7-18(20)24(37)26(38)35-13-11-34(2)12-14-35/h4-10,15-16H,1,11-14H2,2-3H3,(H,31,36)(H2,29,30,32,33). The maximum Gasteiger partial charge on any atom is 0.295 e. The van der Waals surface area contributed by atoms with Gasteiger partial charge in [-0.05, 0) is 43.5 Å². The van der Waals surface area contributed by atoms with Crippen LogP contribution in [0.1, 0.15) is 10.4 Å². The number of amides is 2. The number of rotatable bonds is 9. The summed E-state index contributed by atoms with van der Waals surface area (Å²) in [5.41, 5.74) is 1.59. The van der Waals surface area contributed by atoms with E-state index in [1.165, 1.54) is 13.3 Å². The Hall–Kier alpha value is -4.48. The van der Waals surface area contributed by atoms with Gasteiger partial charge in [-0.1, -0.05) is 30.3 Å². The summed E-state index contributed by atoms with van der Waals surface area (Å²) in [5, 5.41) is 9.01. The molecule has 3 aromatic rings. The largest absolute Gasteiger partial charge is 0.495 e. The number of nitrogens with zero attached hydrogens (tertiary/aromatic N) is 4. The minimum Gasteiger partial charge on any atom is -0.495 e. The number of methoxy groups -OCH3 is 1. The summed E-state index contributed by atoms with van der Waals surface area (Å²) in [5.74, 6) is -0.659. The van der Waals surface area contributed by atoms with E-state index in [-0.39, 0.29) is 28.3 Å². The first-order chi connectivity index (χ1) is 18.8. The van der Waals surface area contributed by atoms with Crippen molar-refractivity contribution in [1.29, 1.82) is 0 Å². The lowest BCUT2D eigenvalue weighted by Gasteiger charge is -2.32. The monoisotopic (exact) mass is 549 g/mol. The highest BCUT2D eigenvalue weighted by molar-refractivity contribution is 6.44. The van der Waals surface area contributed by atoms with Crippen molar-refractivity contribution in [2.45, 2.75) is 0 Å². The van der Waals surface area contributed by atoms with Crippen molar-refractivity contribution >= 4 is 58.0 Å². The van der Waals surface area contributed by atoms with E-state index in [2.05, 4.69) is 37.4 Å². The van der Waals surface area contributed by atoms with Gasteiger partial charge in [-0.3, -0.25) is 14.4 Å². The molecule has 2 amide bonds. The molecule has 39 heavy (non-hydrogen) atoms. The van der Waals surface area contributed by atoms with Crippen molar-refractivity contribution in [3.05, 3.63) is 71.9 Å². The highest BCUT2D eigenvalue weighted by atomic mass is 35.5. The van der Waals surface area contributed by atoms with Crippen LogP contribution < -0.4 is 20.7 Å². The first-order valence-electron chi connectivity index (χ1n) is 12.1. The molecule has 0 radical (unpaired) electrons. The van der Waals surface area contributed by atoms with Crippen LogP contribution in [0.25, 0.3) is 0 Å². The molecule has 1 saturated heterocycles. The molecule has 1 aromatic heterocycles. The second kappa shape index (κ2) is 12.4. The van der Waals surface area contributed by atoms with Crippen LogP contribution in [0, 0.1) is 0 Å². The zero-order valence-corrected chi connectivity index (χ0v) is 22.3. The first kappa shape index (κ1) is 27.6. The van der Waals surface area contributed by atoms with E-state index in [0.717, 1.165) is 6.08 Å². The molecule has 0 spiro atoms. The number of likely N-dealkylation sites (N-methyl/N-ethyl adjacent to an activating group) is 1. The summed E-state index contributed by atoms with van der Waals surface area (Å²) in [6, 6.07) is 11.8. The number of halogens is 1. The third-order valence-corrected chi connectivity index (χ3v) is 6.33. The molecule has 2 aromatic carbocycles. The normalized spacial score (nSPS) is 13.4. The third-order valence-electron chi connectivity index (χ3n) is 6.05. The molecule has 1 aliphatic rings. The smallest absolute Gasteiger partial charge is 0.295 e. The highest BCUT2D eigenvalue weighted by Gasteiger charge is 2.27. The third kappa shape index (κ3) is 6.70. The predicted molar refractivity (Wildman–Crippen MR) is 150 cm³/mol. The Labute approximate surface area is 230 Å². The fourth-order valence-electron chi connectivity index (χ4n) is 3.90. The van der Waals surface area contributed by atoms with Gasteiger partial charge in [0.25, 0.3) is 11.7 Å². The highest BCUT2D eigenvalue weighted by Crippen LogP contribution is 2.31. The quantitative estimate of drug-likeness (QED) is 0.208. The summed E-state index contributed by atoms with van der Waals surface area (Å²) < 4.78 is 5.30. The molecule has 3 N–H and O–H groups in total. The Morgan fingerprint density at radius 2 is 1.79 bits per heavy atom. The van der Waals surface area contributed by atoms with Crippen LogP contribution in [0.15, 0.2) is 61.3 Å². The maximum absolute atomic E-state index is 13.1. The van der Waals surface area contributed by atoms with E-state index in [1.807, 2.05) is 7.05 Å². The first-order valence-corrected chi connectivity index (χ1v) is 12.5. The van der Waals surface area contributed by atoms with Crippen molar-refractivity contribution in [2.24, 2.45) is 0 Å². The van der Waals surface area contributed by atoms with Gasteiger partial charge in [-0.2, -0.15) is 4.98 Å². The number of hydrogen-bond acceptors (Lipinski definition) is 9. The number of anilines is 5. The van der Waals surface area contributed by atoms with Gasteiger partial charge in [-0.15, -0.1) is 0 Å². The number of carbonyl (C=O) groups excluding carboxylic acids is 3. The van der Waals surface area contributed by atoms with Crippen molar-refractivity contribution in [1.82, 2.24) is 19.8 Å². The van der Waals surface area contributed by atoms with Gasteiger partial charge in [0.2, 0.25) is 11.9 Å². The van der Waals surface area contributed by atoms with E-state index in [0.29, 0.717) is 49.0 Å². The minimum absolute atomic E-state index is 0.199. The zero-order valence-electron chi connectivity index (χ0n) is 21.5. The molecule has 12 heteroatoms. The predicted octanol–water partition coefficient (Wildman–Crippen LogP) is 3.71. The zero-order chi connectivity index (χ0) is 27.9. The Morgan fingerprint density at radius 1 is 1.05 bits per heavy atom. The van der Waals surface area contributed by atoms with Crippen LogP contribution in [0.5, 0.6) is 5.75 Å². The minimum atomic E-state index is -0.612. The van der Waals surface area contributed by atoms with E-state index in [1.54, 1.807) is 47.4 Å². The molecule has 0 bridgehead atoms. The van der Waals surface area contributed by atoms with Crippen LogP contribution in [-0.2, 0) is 9.59 Å². The lowest BCUT2D eigenvalue weighted by molar-refractivity contribution is -0.127. The Balaban J connectivity index is 1.54. The molecule has 1 fully saturated rings. The van der Waals surface area contributed by atoms with Crippen LogP contribution in [0.2, 0.25) is 5.02 Å². The summed E-state index contributed by atoms with van der Waals surface area (Å²) >= 11 is 6.36. The van der Waals surface area contributed by atoms with Crippen molar-refractivity contribution in [3.8, 4) is 5.75 Å². The summed E-state index contributed by atoms with van der Waals surface area (Å²) in [4.78, 5) is 50.2. The molecule has 202 valence electrons. The summed E-state index contributed by atoms with van der Waals surface area (Å²) in [6.07, 6.45) is 2.56. The average molecular weight is 550 g/mol. The van der Waals surface area contributed by atoms with E-state index in [4.69, 9.17) is 16.3 Å². The molecule has 0 atom stereocenters. The molecular weight excluding hydrogens is 522 g/mol. The Morgan fingerprint density at radius 3 is 2.51 bits per heavy atom. The number of piperazine rings is 1. The lowest BCUT2D eigenvalue weighted by atomic mass is 10.1. The van der Waals surface area contributed by atoms with Crippen molar-refractivity contribution in [2.75, 3.05) is 56.3 Å². The number of benzene rings is 2. The molecule has 0 aliphatic carbocycles. The molecule has 2 heterocycles. The molecule has 4 rings (SSSR count). The van der Waals surface area contributed by atoms with Crippen molar-refractivity contribution in [3.63, 3.8) is 0 Å². The van der Waals surface area contributed by atoms with E-state index >= 15 is 0 Å². The van der Waals surface area contributed by atoms with Gasteiger partial charge in [0.1, 0.15) is 10.8 Å². The number of nitrogens with one attached hydrogen (secondary N) is 3. The van der Waals surface area contributed by atoms with Crippen LogP contribution in [-0.4, -0.2) is 77.7 Å². The van der Waals surface area contributed by atoms with Crippen LogP contribution >= 0.6 is 11.6 Å². The number of carbonyl (C=O) groups is 3. The van der Waals surface area contributed by atoms with Gasteiger partial charge in [0.15, 0.2) is 5.82 Å². The fourth-order valence-corrected chi connectivity index (χ4v) is 4.04. The number of ketones is 1. The number of aromatic nitrogens is 2. The van der Waals surface area contributed by atoms with Crippen molar-refractivity contribution < 1.29 is 19.1 Å². The number of ether oxygens (including phenoxy) is 1. The Bertz CT molecular complexity index is 1410. The lowest BCUT2D eigenvalue weighted by Crippen LogP contribution is -2.49. The molecule has 0 saturated carbocycles. The van der Waals surface area contributed by atoms with Gasteiger partial charge in [0, 0.05) is 31.9 Å². The molecule has 11 nitrogen and oxygen atoms in total. The van der Waals surface area contributed by atoms with Gasteiger partial charge in [-0.25, -0.2) is 4.98 Å². The van der Waals surface area contributed by atoms with E-state index < -0.39 is 11.7 Å². The second-order valence-electron chi connectivity index (χ2n) is 8.72. The average Bonchev–Trinajstić information content (AvgIpc) is 2.95. The van der Waals surface area contributed by atoms with E-state index in [9.17, 15) is 14.4 Å². The Kier molecular flexibility index (Phi) is 8.74. The van der Waals surface area contributed by atoms with Crippen LogP contribution in [0.4, 0.5) is 28.8 Å². The van der Waals surface area contributed by atoms with Gasteiger partial charge in [0.05, 0.1) is 30.2 Å². The SMILES string of the molecule is C=CC(=O)Nc1cc(Nc2ncc(Cl)c(Nc3ccccc3C(=O)C(=O)N3CCN(C)CC3)n2)ccc1OC. The number of para-hydroxylation sites is 1. The molecule has 0 unspecified atom stereocenters. The summed E-state index contributed by atoms with van der Waals surface area (Å²) in [7, 11) is 3.47. The molecule has 1 aliphatic heterocycles. The topological polar surface area (TPSA) is 129 Å². The number of hydrogen-bond donors (Lipinski definition) is 3.